The Bertz CT molecular complexity index is 274. The third kappa shape index (κ3) is 10.2. The number of aldehydes is 1. The molecular formula is C12H32O4Si4. The zero-order valence-corrected chi connectivity index (χ0v) is 18.6. The van der Waals surface area contributed by atoms with Crippen molar-refractivity contribution in [1.29, 1.82) is 0 Å². The van der Waals surface area contributed by atoms with Gasteiger partial charge in [-0.05, 0) is 58.9 Å². The van der Waals surface area contributed by atoms with Crippen LogP contribution in [0.25, 0.3) is 0 Å². The lowest BCUT2D eigenvalue weighted by Crippen LogP contribution is -2.60. The molecule has 0 unspecified atom stereocenters. The Morgan fingerprint density at radius 3 is 1.20 bits per heavy atom. The Labute approximate surface area is 129 Å². The largest absolute Gasteiger partial charge is 0.469 e. The first-order valence-corrected chi connectivity index (χ1v) is 19.4. The third-order valence-electron chi connectivity index (χ3n) is 1.95. The van der Waals surface area contributed by atoms with E-state index in [4.69, 9.17) is 12.3 Å². The smallest absolute Gasteiger partial charge is 0.417 e. The summed E-state index contributed by atoms with van der Waals surface area (Å²) in [5.41, 5.74) is 0. The summed E-state index contributed by atoms with van der Waals surface area (Å²) in [6, 6.07) is 0.606. The van der Waals surface area contributed by atoms with Crippen LogP contribution < -0.4 is 0 Å². The highest BCUT2D eigenvalue weighted by Crippen LogP contribution is 2.29. The minimum atomic E-state index is -2.77. The Morgan fingerprint density at radius 2 is 1.00 bits per heavy atom. The van der Waals surface area contributed by atoms with Crippen LogP contribution in [-0.4, -0.2) is 40.0 Å². The van der Waals surface area contributed by atoms with Gasteiger partial charge in [-0.2, -0.15) is 0 Å². The summed E-state index contributed by atoms with van der Waals surface area (Å²) >= 11 is 0. The highest BCUT2D eigenvalue weighted by Gasteiger charge is 2.49. The summed E-state index contributed by atoms with van der Waals surface area (Å²) in [5.74, 6) is 0. The second-order valence-corrected chi connectivity index (χ2v) is 25.0. The molecule has 8 heteroatoms. The summed E-state index contributed by atoms with van der Waals surface area (Å²) in [4.78, 5) is 10.8. The number of hydrogen-bond acceptors (Lipinski definition) is 4. The molecule has 0 bridgehead atoms. The van der Waals surface area contributed by atoms with Crippen LogP contribution in [-0.2, 0) is 17.1 Å². The van der Waals surface area contributed by atoms with Crippen LogP contribution in [0, 0.1) is 0 Å². The maximum absolute atomic E-state index is 10.8. The molecule has 0 aromatic carbocycles. The summed E-state index contributed by atoms with van der Waals surface area (Å²) in [6.07, 6.45) is 1.39. The van der Waals surface area contributed by atoms with Crippen molar-refractivity contribution in [2.75, 3.05) is 0 Å². The second kappa shape index (κ2) is 7.12. The fraction of sp³-hybridized carbons (Fsp3) is 0.917. The molecule has 0 spiro atoms. The zero-order chi connectivity index (χ0) is 16.2. The highest BCUT2D eigenvalue weighted by molar-refractivity contribution is 6.90. The average Bonchev–Trinajstić information content (AvgIpc) is 2.05. The molecule has 0 aliphatic rings. The van der Waals surface area contributed by atoms with Crippen molar-refractivity contribution in [1.82, 2.24) is 0 Å². The first-order chi connectivity index (χ1) is 8.68. The molecule has 0 saturated carbocycles. The normalized spacial score (nSPS) is 14.4. The maximum atomic E-state index is 10.8. The molecule has 0 N–H and O–H groups in total. The van der Waals surface area contributed by atoms with E-state index in [9.17, 15) is 4.79 Å². The van der Waals surface area contributed by atoms with Gasteiger partial charge in [0.1, 0.15) is 6.29 Å². The Morgan fingerprint density at radius 1 is 0.700 bits per heavy atom. The van der Waals surface area contributed by atoms with Crippen LogP contribution in [0.5, 0.6) is 0 Å². The van der Waals surface area contributed by atoms with Crippen LogP contribution in [0.3, 0.4) is 0 Å². The molecule has 0 aliphatic heterocycles. The molecule has 0 saturated heterocycles. The van der Waals surface area contributed by atoms with Gasteiger partial charge >= 0.3 is 8.80 Å². The SMILES string of the molecule is C[Si](C)(C)O[Si](CCC=O)(O[Si](C)(C)C)O[Si](C)(C)C. The van der Waals surface area contributed by atoms with Crippen molar-refractivity contribution in [3.63, 3.8) is 0 Å². The Hall–Kier alpha value is 0.418. The summed E-state index contributed by atoms with van der Waals surface area (Å²) in [5, 5.41) is 0. The number of rotatable bonds is 9. The van der Waals surface area contributed by atoms with E-state index in [1.165, 1.54) is 0 Å². The lowest BCUT2D eigenvalue weighted by Gasteiger charge is -2.42. The average molecular weight is 353 g/mol. The van der Waals surface area contributed by atoms with Crippen LogP contribution in [0.15, 0.2) is 0 Å². The van der Waals surface area contributed by atoms with Crippen molar-refractivity contribution >= 4 is 40.0 Å². The van der Waals surface area contributed by atoms with Crippen molar-refractivity contribution < 1.29 is 17.1 Å². The molecule has 0 heterocycles. The Balaban J connectivity index is 5.43. The fourth-order valence-corrected chi connectivity index (χ4v) is 16.4. The van der Waals surface area contributed by atoms with Gasteiger partial charge in [0.15, 0.2) is 25.0 Å². The van der Waals surface area contributed by atoms with E-state index in [0.29, 0.717) is 12.5 Å². The molecule has 0 fully saturated rings. The quantitative estimate of drug-likeness (QED) is 0.463. The maximum Gasteiger partial charge on any atom is 0.469 e. The predicted molar refractivity (Wildman–Crippen MR) is 94.5 cm³/mol. The van der Waals surface area contributed by atoms with E-state index >= 15 is 0 Å². The number of carbonyl (C=O) groups excluding carboxylic acids is 1. The van der Waals surface area contributed by atoms with Crippen LogP contribution in [0.4, 0.5) is 0 Å². The van der Waals surface area contributed by atoms with Crippen molar-refractivity contribution in [2.24, 2.45) is 0 Å². The zero-order valence-electron chi connectivity index (χ0n) is 14.6. The molecule has 0 rings (SSSR count). The molecule has 0 amide bonds. The lowest BCUT2D eigenvalue weighted by molar-refractivity contribution is -0.107. The first-order valence-electron chi connectivity index (χ1n) is 7.22. The number of hydrogen-bond donors (Lipinski definition) is 0. The minimum Gasteiger partial charge on any atom is -0.417 e. The van der Waals surface area contributed by atoms with Crippen LogP contribution in [0.2, 0.25) is 65.0 Å². The van der Waals surface area contributed by atoms with E-state index in [2.05, 4.69) is 58.9 Å². The fourth-order valence-electron chi connectivity index (χ4n) is 1.85. The van der Waals surface area contributed by atoms with Gasteiger partial charge in [0, 0.05) is 12.5 Å². The lowest BCUT2D eigenvalue weighted by atomic mass is 10.6. The molecule has 120 valence electrons. The van der Waals surface area contributed by atoms with E-state index in [1.54, 1.807) is 0 Å². The highest BCUT2D eigenvalue weighted by atomic mass is 28.5. The molecule has 0 aliphatic carbocycles. The van der Waals surface area contributed by atoms with Crippen molar-refractivity contribution in [3.8, 4) is 0 Å². The van der Waals surface area contributed by atoms with Gasteiger partial charge in [0.05, 0.1) is 0 Å². The molecule has 20 heavy (non-hydrogen) atoms. The molecule has 0 radical (unpaired) electrons. The standard InChI is InChI=1S/C12H32O4Si4/c1-17(2,3)14-20(12-10-11-13,15-18(4,5)6)16-19(7,8)9/h11H,10,12H2,1-9H3. The molecule has 0 atom stereocenters. The van der Waals surface area contributed by atoms with Crippen molar-refractivity contribution in [3.05, 3.63) is 0 Å². The van der Waals surface area contributed by atoms with Gasteiger partial charge in [0.25, 0.3) is 0 Å². The van der Waals surface area contributed by atoms with Gasteiger partial charge in [0.2, 0.25) is 0 Å². The number of carbonyl (C=O) groups is 1. The Kier molecular flexibility index (Phi) is 7.27. The van der Waals surface area contributed by atoms with Gasteiger partial charge in [-0.25, -0.2) is 0 Å². The van der Waals surface area contributed by atoms with Gasteiger partial charge in [-0.1, -0.05) is 0 Å². The van der Waals surface area contributed by atoms with Gasteiger partial charge in [-0.15, -0.1) is 0 Å². The topological polar surface area (TPSA) is 44.8 Å². The molecule has 4 nitrogen and oxygen atoms in total. The summed E-state index contributed by atoms with van der Waals surface area (Å²) in [7, 11) is -8.17. The van der Waals surface area contributed by atoms with E-state index in [1.807, 2.05) is 0 Å². The monoisotopic (exact) mass is 352 g/mol. The third-order valence-corrected chi connectivity index (χ3v) is 13.9. The predicted octanol–water partition coefficient (Wildman–Crippen LogP) is 4.07. The minimum absolute atomic E-state index is 0.450. The van der Waals surface area contributed by atoms with E-state index in [0.717, 1.165) is 6.29 Å². The van der Waals surface area contributed by atoms with Crippen LogP contribution in [0.1, 0.15) is 6.42 Å². The summed E-state index contributed by atoms with van der Waals surface area (Å²) in [6.45, 7) is 19.3. The first kappa shape index (κ1) is 20.4. The van der Waals surface area contributed by atoms with Gasteiger partial charge in [-0.3, -0.25) is 0 Å². The molecular weight excluding hydrogens is 320 g/mol. The molecule has 0 aromatic heterocycles. The van der Waals surface area contributed by atoms with E-state index in [-0.39, 0.29) is 0 Å². The van der Waals surface area contributed by atoms with E-state index < -0.39 is 33.8 Å². The van der Waals surface area contributed by atoms with Crippen molar-refractivity contribution in [2.45, 2.75) is 71.4 Å². The van der Waals surface area contributed by atoms with Crippen LogP contribution >= 0.6 is 0 Å². The van der Waals surface area contributed by atoms with Gasteiger partial charge < -0.3 is 17.1 Å². The second-order valence-electron chi connectivity index (χ2n) is 8.03. The summed E-state index contributed by atoms with van der Waals surface area (Å²) < 4.78 is 19.3. The molecule has 0 aromatic rings.